The van der Waals surface area contributed by atoms with Gasteiger partial charge < -0.3 is 10.5 Å². The number of nitrogens with zero attached hydrogens (tertiary/aromatic N) is 1. The molecule has 0 atom stereocenters. The highest BCUT2D eigenvalue weighted by Gasteiger charge is 2.34. The molecular formula is C11H21N3O. The molecule has 1 saturated carbocycles. The van der Waals surface area contributed by atoms with Crippen LogP contribution in [0.15, 0.2) is 0 Å². The Kier molecular flexibility index (Phi) is 3.59. The minimum absolute atomic E-state index is 0.313. The first kappa shape index (κ1) is 10.9. The number of rotatable bonds is 5. The minimum Gasteiger partial charge on any atom is -0.388 e. The van der Waals surface area contributed by atoms with Crippen molar-refractivity contribution in [1.29, 1.82) is 5.41 Å². The Hall–Kier alpha value is -0.610. The van der Waals surface area contributed by atoms with Crippen LogP contribution in [0.4, 0.5) is 0 Å². The number of ether oxygens (including phenoxy) is 1. The van der Waals surface area contributed by atoms with Gasteiger partial charge in [-0.05, 0) is 25.7 Å². The summed E-state index contributed by atoms with van der Waals surface area (Å²) in [5.41, 5.74) is 5.42. The number of nitrogens with one attached hydrogen (secondary N) is 1. The van der Waals surface area contributed by atoms with Crippen LogP contribution in [0, 0.1) is 5.41 Å². The van der Waals surface area contributed by atoms with Gasteiger partial charge in [0.25, 0.3) is 0 Å². The van der Waals surface area contributed by atoms with E-state index in [2.05, 4.69) is 4.90 Å². The molecule has 0 amide bonds. The van der Waals surface area contributed by atoms with Crippen molar-refractivity contribution in [3.8, 4) is 0 Å². The SMILES string of the molecule is N=C(N)CCN(C1CCOCC1)C1CC1. The molecule has 0 aromatic carbocycles. The zero-order valence-corrected chi connectivity index (χ0v) is 9.24. The number of amidine groups is 1. The molecule has 1 aliphatic heterocycles. The first-order valence-corrected chi connectivity index (χ1v) is 5.94. The Morgan fingerprint density at radius 2 is 1.80 bits per heavy atom. The summed E-state index contributed by atoms with van der Waals surface area (Å²) in [6.45, 7) is 2.76. The maximum atomic E-state index is 7.29. The molecule has 3 N–H and O–H groups in total. The summed E-state index contributed by atoms with van der Waals surface area (Å²) in [5, 5.41) is 7.29. The molecule has 2 aliphatic rings. The molecule has 0 spiro atoms. The van der Waals surface area contributed by atoms with E-state index in [0.717, 1.165) is 38.6 Å². The molecule has 2 rings (SSSR count). The van der Waals surface area contributed by atoms with Gasteiger partial charge in [-0.2, -0.15) is 0 Å². The number of hydrogen-bond donors (Lipinski definition) is 2. The molecule has 1 aliphatic carbocycles. The minimum atomic E-state index is 0.313. The normalized spacial score (nSPS) is 23.3. The Labute approximate surface area is 91.3 Å². The van der Waals surface area contributed by atoms with Crippen molar-refractivity contribution in [3.63, 3.8) is 0 Å². The summed E-state index contributed by atoms with van der Waals surface area (Å²) < 4.78 is 5.38. The monoisotopic (exact) mass is 211 g/mol. The fourth-order valence-corrected chi connectivity index (χ4v) is 2.34. The van der Waals surface area contributed by atoms with Gasteiger partial charge in [-0.1, -0.05) is 0 Å². The lowest BCUT2D eigenvalue weighted by Gasteiger charge is -2.34. The Morgan fingerprint density at radius 3 is 2.33 bits per heavy atom. The predicted octanol–water partition coefficient (Wildman–Crippen LogP) is 0.956. The Morgan fingerprint density at radius 1 is 1.20 bits per heavy atom. The molecule has 15 heavy (non-hydrogen) atoms. The maximum Gasteiger partial charge on any atom is 0.0918 e. The highest BCUT2D eigenvalue weighted by molar-refractivity contribution is 5.76. The molecule has 2 fully saturated rings. The molecule has 4 nitrogen and oxygen atoms in total. The van der Waals surface area contributed by atoms with E-state index in [4.69, 9.17) is 15.9 Å². The Bertz CT molecular complexity index is 222. The topological polar surface area (TPSA) is 62.3 Å². The summed E-state index contributed by atoms with van der Waals surface area (Å²) in [7, 11) is 0. The smallest absolute Gasteiger partial charge is 0.0918 e. The average molecular weight is 211 g/mol. The van der Waals surface area contributed by atoms with Crippen LogP contribution < -0.4 is 5.73 Å². The summed E-state index contributed by atoms with van der Waals surface area (Å²) in [6.07, 6.45) is 5.67. The first-order chi connectivity index (χ1) is 7.27. The van der Waals surface area contributed by atoms with Crippen LogP contribution in [-0.4, -0.2) is 42.6 Å². The lowest BCUT2D eigenvalue weighted by Crippen LogP contribution is -2.42. The average Bonchev–Trinajstić information content (AvgIpc) is 3.03. The molecule has 1 heterocycles. The first-order valence-electron chi connectivity index (χ1n) is 5.94. The van der Waals surface area contributed by atoms with E-state index in [-0.39, 0.29) is 0 Å². The van der Waals surface area contributed by atoms with Crippen LogP contribution in [0.1, 0.15) is 32.1 Å². The molecule has 1 saturated heterocycles. The molecule has 0 aromatic rings. The Balaban J connectivity index is 1.83. The van der Waals surface area contributed by atoms with Crippen LogP contribution in [0.2, 0.25) is 0 Å². The van der Waals surface area contributed by atoms with E-state index in [1.165, 1.54) is 12.8 Å². The molecular weight excluding hydrogens is 190 g/mol. The number of hydrogen-bond acceptors (Lipinski definition) is 3. The van der Waals surface area contributed by atoms with Crippen molar-refractivity contribution < 1.29 is 4.74 Å². The van der Waals surface area contributed by atoms with Gasteiger partial charge >= 0.3 is 0 Å². The third kappa shape index (κ3) is 3.18. The van der Waals surface area contributed by atoms with Gasteiger partial charge in [-0.15, -0.1) is 0 Å². The van der Waals surface area contributed by atoms with Gasteiger partial charge in [0.05, 0.1) is 5.84 Å². The van der Waals surface area contributed by atoms with E-state index in [1.807, 2.05) is 0 Å². The van der Waals surface area contributed by atoms with E-state index in [1.54, 1.807) is 0 Å². The van der Waals surface area contributed by atoms with Crippen LogP contribution in [0.25, 0.3) is 0 Å². The molecule has 0 radical (unpaired) electrons. The van der Waals surface area contributed by atoms with Crippen molar-refractivity contribution in [1.82, 2.24) is 4.90 Å². The van der Waals surface area contributed by atoms with Gasteiger partial charge in [-0.25, -0.2) is 0 Å². The lowest BCUT2D eigenvalue weighted by molar-refractivity contribution is 0.0318. The fraction of sp³-hybridized carbons (Fsp3) is 0.909. The van der Waals surface area contributed by atoms with Gasteiger partial charge in [0.2, 0.25) is 0 Å². The van der Waals surface area contributed by atoms with Gasteiger partial charge in [0.1, 0.15) is 0 Å². The summed E-state index contributed by atoms with van der Waals surface area (Å²) in [4.78, 5) is 2.56. The standard InChI is InChI=1S/C11H21N3O/c12-11(13)3-6-14(9-1-2-9)10-4-7-15-8-5-10/h9-10H,1-8H2,(H3,12,13). The van der Waals surface area contributed by atoms with E-state index < -0.39 is 0 Å². The van der Waals surface area contributed by atoms with Gasteiger partial charge in [0, 0.05) is 38.3 Å². The van der Waals surface area contributed by atoms with Crippen LogP contribution >= 0.6 is 0 Å². The van der Waals surface area contributed by atoms with Crippen molar-refractivity contribution in [2.75, 3.05) is 19.8 Å². The second-order valence-corrected chi connectivity index (χ2v) is 4.59. The van der Waals surface area contributed by atoms with Crippen LogP contribution in [0.3, 0.4) is 0 Å². The van der Waals surface area contributed by atoms with Crippen LogP contribution in [0.5, 0.6) is 0 Å². The number of nitrogens with two attached hydrogens (primary N) is 1. The van der Waals surface area contributed by atoms with Crippen molar-refractivity contribution in [2.45, 2.75) is 44.2 Å². The maximum absolute atomic E-state index is 7.29. The lowest BCUT2D eigenvalue weighted by atomic mass is 10.1. The molecule has 0 unspecified atom stereocenters. The summed E-state index contributed by atoms with van der Waals surface area (Å²) >= 11 is 0. The zero-order valence-electron chi connectivity index (χ0n) is 9.24. The summed E-state index contributed by atoms with van der Waals surface area (Å²) in [5.74, 6) is 0.313. The van der Waals surface area contributed by atoms with Crippen LogP contribution in [-0.2, 0) is 4.74 Å². The van der Waals surface area contributed by atoms with Gasteiger partial charge in [0.15, 0.2) is 0 Å². The highest BCUT2D eigenvalue weighted by atomic mass is 16.5. The zero-order chi connectivity index (χ0) is 10.7. The third-order valence-corrected chi connectivity index (χ3v) is 3.32. The second-order valence-electron chi connectivity index (χ2n) is 4.59. The summed E-state index contributed by atoms with van der Waals surface area (Å²) in [6, 6.07) is 1.44. The largest absolute Gasteiger partial charge is 0.388 e. The molecule has 0 bridgehead atoms. The van der Waals surface area contributed by atoms with Crippen molar-refractivity contribution in [2.24, 2.45) is 5.73 Å². The predicted molar refractivity (Wildman–Crippen MR) is 60.1 cm³/mol. The molecule has 0 aromatic heterocycles. The fourth-order valence-electron chi connectivity index (χ4n) is 2.34. The molecule has 4 heteroatoms. The quantitative estimate of drug-likeness (QED) is 0.526. The second kappa shape index (κ2) is 4.94. The molecule has 86 valence electrons. The van der Waals surface area contributed by atoms with Crippen molar-refractivity contribution in [3.05, 3.63) is 0 Å². The van der Waals surface area contributed by atoms with Gasteiger partial charge in [-0.3, -0.25) is 10.3 Å². The van der Waals surface area contributed by atoms with E-state index >= 15 is 0 Å². The van der Waals surface area contributed by atoms with Crippen molar-refractivity contribution >= 4 is 5.84 Å². The van der Waals surface area contributed by atoms with E-state index in [9.17, 15) is 0 Å². The highest BCUT2D eigenvalue weighted by Crippen LogP contribution is 2.31. The van der Waals surface area contributed by atoms with E-state index in [0.29, 0.717) is 18.3 Å². The third-order valence-electron chi connectivity index (χ3n) is 3.32.